The minimum Gasteiger partial charge on any atom is -0.327 e. The first kappa shape index (κ1) is 22.7. The van der Waals surface area contributed by atoms with Crippen LogP contribution in [0.5, 0.6) is 0 Å². The van der Waals surface area contributed by atoms with Gasteiger partial charge in [-0.1, -0.05) is 25.1 Å². The van der Waals surface area contributed by atoms with Gasteiger partial charge in [0.1, 0.15) is 17.3 Å². The summed E-state index contributed by atoms with van der Waals surface area (Å²) in [6.45, 7) is 3.25. The largest absolute Gasteiger partial charge is 0.327 e. The summed E-state index contributed by atoms with van der Waals surface area (Å²) in [6, 6.07) is 10.4. The van der Waals surface area contributed by atoms with Crippen LogP contribution in [0.3, 0.4) is 0 Å². The number of aromatic nitrogens is 1. The molecule has 1 fully saturated rings. The van der Waals surface area contributed by atoms with E-state index in [9.17, 15) is 18.4 Å². The number of nitrogens with one attached hydrogen (secondary N) is 1. The Hall–Kier alpha value is -3.50. The van der Waals surface area contributed by atoms with Gasteiger partial charge in [0.25, 0.3) is 5.91 Å². The lowest BCUT2D eigenvalue weighted by molar-refractivity contribution is -0.116. The van der Waals surface area contributed by atoms with E-state index < -0.39 is 17.5 Å². The molecule has 6 nitrogen and oxygen atoms in total. The number of aryl methyl sites for hydroxylation is 1. The van der Waals surface area contributed by atoms with Crippen LogP contribution in [0.2, 0.25) is 0 Å². The Balaban J connectivity index is 1.65. The van der Waals surface area contributed by atoms with Gasteiger partial charge in [-0.15, -0.1) is 11.3 Å². The number of anilines is 3. The van der Waals surface area contributed by atoms with Crippen molar-refractivity contribution in [3.05, 3.63) is 76.4 Å². The van der Waals surface area contributed by atoms with Crippen molar-refractivity contribution in [2.24, 2.45) is 0 Å². The Morgan fingerprint density at radius 3 is 2.73 bits per heavy atom. The molecule has 4 rings (SSSR count). The number of carbonyl (C=O) groups is 2. The fourth-order valence-corrected chi connectivity index (χ4v) is 4.57. The van der Waals surface area contributed by atoms with Crippen LogP contribution in [0.15, 0.2) is 53.5 Å². The van der Waals surface area contributed by atoms with Gasteiger partial charge in [0, 0.05) is 18.4 Å². The van der Waals surface area contributed by atoms with Crippen molar-refractivity contribution < 1.29 is 18.4 Å². The predicted octanol–water partition coefficient (Wildman–Crippen LogP) is 4.93. The van der Waals surface area contributed by atoms with E-state index in [0.29, 0.717) is 17.4 Å². The number of para-hydroxylation sites is 1. The Labute approximate surface area is 198 Å². The van der Waals surface area contributed by atoms with Gasteiger partial charge < -0.3 is 5.32 Å². The third kappa shape index (κ3) is 4.39. The van der Waals surface area contributed by atoms with Gasteiger partial charge in [-0.05, 0) is 48.5 Å². The van der Waals surface area contributed by atoms with Crippen LogP contribution in [-0.4, -0.2) is 21.9 Å². The monoisotopic (exact) mass is 484 g/mol. The maximum absolute atomic E-state index is 14.3. The Kier molecular flexibility index (Phi) is 6.30. The zero-order valence-corrected chi connectivity index (χ0v) is 19.3. The summed E-state index contributed by atoms with van der Waals surface area (Å²) < 4.78 is 27.6. The van der Waals surface area contributed by atoms with Gasteiger partial charge in [-0.3, -0.25) is 19.4 Å². The molecule has 2 amide bonds. The number of rotatable bonds is 5. The van der Waals surface area contributed by atoms with Gasteiger partial charge in [0.05, 0.1) is 17.1 Å². The summed E-state index contributed by atoms with van der Waals surface area (Å²) in [5, 5.41) is 4.97. The fraction of sp³-hybridized carbons (Fsp3) is 0.130. The van der Waals surface area contributed by atoms with Crippen LogP contribution < -0.4 is 15.1 Å². The van der Waals surface area contributed by atoms with Crippen LogP contribution >= 0.6 is 23.6 Å². The number of hydrogen-bond donors (Lipinski definition) is 1. The molecule has 1 saturated heterocycles. The first-order valence-corrected chi connectivity index (χ1v) is 11.2. The number of halogens is 2. The van der Waals surface area contributed by atoms with E-state index in [1.807, 2.05) is 31.2 Å². The highest BCUT2D eigenvalue weighted by atomic mass is 32.1. The van der Waals surface area contributed by atoms with Crippen LogP contribution in [0.4, 0.5) is 25.3 Å². The molecule has 1 aliphatic rings. The molecule has 3 aromatic rings. The summed E-state index contributed by atoms with van der Waals surface area (Å²) in [7, 11) is 0. The van der Waals surface area contributed by atoms with Crippen molar-refractivity contribution in [3.8, 4) is 0 Å². The molecule has 10 heteroatoms. The normalized spacial score (nSPS) is 14.7. The molecule has 0 radical (unpaired) electrons. The zero-order valence-electron chi connectivity index (χ0n) is 17.6. The number of carbonyl (C=O) groups excluding carboxylic acids is 2. The predicted molar refractivity (Wildman–Crippen MR) is 128 cm³/mol. The molecule has 1 N–H and O–H groups in total. The molecule has 2 heterocycles. The molecule has 1 aliphatic heterocycles. The molecular weight excluding hydrogens is 466 g/mol. The van der Waals surface area contributed by atoms with E-state index in [-0.39, 0.29) is 27.5 Å². The Morgan fingerprint density at radius 1 is 1.27 bits per heavy atom. The maximum atomic E-state index is 14.3. The average Bonchev–Trinajstić information content (AvgIpc) is 3.33. The molecule has 1 aromatic heterocycles. The quantitative estimate of drug-likeness (QED) is 0.411. The van der Waals surface area contributed by atoms with Crippen molar-refractivity contribution >= 4 is 63.1 Å². The van der Waals surface area contributed by atoms with Gasteiger partial charge >= 0.3 is 0 Å². The minimum absolute atomic E-state index is 0.115. The van der Waals surface area contributed by atoms with E-state index in [0.717, 1.165) is 34.3 Å². The standard InChI is InChI=1S/C23H18F2N4O2S2/c1-3-14-6-4-5-7-19(14)29-21(31)18(27-22(29)32)11-16-12-33-23(26-16)28(13(2)30)20-9-8-15(24)10-17(20)25/h4-12H,3H2,1-2H3,(H,27,32)/b18-11+. The first-order valence-electron chi connectivity index (χ1n) is 9.96. The van der Waals surface area contributed by atoms with Crippen molar-refractivity contribution in [2.75, 3.05) is 9.80 Å². The number of benzene rings is 2. The lowest BCUT2D eigenvalue weighted by Gasteiger charge is -2.18. The van der Waals surface area contributed by atoms with Crippen LogP contribution in [0, 0.1) is 11.6 Å². The topological polar surface area (TPSA) is 65.5 Å². The highest BCUT2D eigenvalue weighted by Gasteiger charge is 2.33. The van der Waals surface area contributed by atoms with E-state index >= 15 is 0 Å². The Morgan fingerprint density at radius 2 is 2.03 bits per heavy atom. The third-order valence-electron chi connectivity index (χ3n) is 4.95. The number of amides is 2. The van der Waals surface area contributed by atoms with Crippen molar-refractivity contribution in [1.29, 1.82) is 0 Å². The lowest BCUT2D eigenvalue weighted by atomic mass is 10.1. The second kappa shape index (κ2) is 9.16. The summed E-state index contributed by atoms with van der Waals surface area (Å²) in [5.41, 5.74) is 2.18. The van der Waals surface area contributed by atoms with Crippen molar-refractivity contribution in [3.63, 3.8) is 0 Å². The lowest BCUT2D eigenvalue weighted by Crippen LogP contribution is -2.31. The van der Waals surface area contributed by atoms with Gasteiger partial charge in [0.15, 0.2) is 10.2 Å². The highest BCUT2D eigenvalue weighted by molar-refractivity contribution is 7.80. The van der Waals surface area contributed by atoms with E-state index in [1.165, 1.54) is 24.0 Å². The molecule has 33 heavy (non-hydrogen) atoms. The summed E-state index contributed by atoms with van der Waals surface area (Å²) in [5.74, 6) is -2.46. The second-order valence-electron chi connectivity index (χ2n) is 7.12. The van der Waals surface area contributed by atoms with Crippen LogP contribution in [-0.2, 0) is 16.0 Å². The highest BCUT2D eigenvalue weighted by Crippen LogP contribution is 2.32. The van der Waals surface area contributed by atoms with Crippen LogP contribution in [0.1, 0.15) is 25.1 Å². The molecule has 0 unspecified atom stereocenters. The molecule has 0 bridgehead atoms. The van der Waals surface area contributed by atoms with Crippen LogP contribution in [0.25, 0.3) is 6.08 Å². The number of hydrogen-bond acceptors (Lipinski definition) is 5. The summed E-state index contributed by atoms with van der Waals surface area (Å²) in [6.07, 6.45) is 2.25. The zero-order chi connectivity index (χ0) is 23.7. The molecule has 0 aliphatic carbocycles. The fourth-order valence-electron chi connectivity index (χ4n) is 3.44. The van der Waals surface area contributed by atoms with E-state index in [4.69, 9.17) is 12.2 Å². The summed E-state index contributed by atoms with van der Waals surface area (Å²) >= 11 is 6.47. The second-order valence-corrected chi connectivity index (χ2v) is 8.34. The number of thiocarbonyl (C=S) groups is 1. The number of thiazole rings is 1. The van der Waals surface area contributed by atoms with E-state index in [2.05, 4.69) is 10.3 Å². The molecular formula is C23H18F2N4O2S2. The molecule has 168 valence electrons. The third-order valence-corrected chi connectivity index (χ3v) is 6.08. The molecule has 0 saturated carbocycles. The average molecular weight is 485 g/mol. The SMILES string of the molecule is CCc1ccccc1N1C(=O)/C(=C\c2csc(N(C(C)=O)c3ccc(F)cc3F)n2)NC1=S. The van der Waals surface area contributed by atoms with Crippen molar-refractivity contribution in [1.82, 2.24) is 10.3 Å². The molecule has 2 aromatic carbocycles. The van der Waals surface area contributed by atoms with Crippen molar-refractivity contribution in [2.45, 2.75) is 20.3 Å². The smallest absolute Gasteiger partial charge is 0.281 e. The van der Waals surface area contributed by atoms with Gasteiger partial charge in [-0.2, -0.15) is 0 Å². The minimum atomic E-state index is -0.886. The maximum Gasteiger partial charge on any atom is 0.281 e. The first-order chi connectivity index (χ1) is 15.8. The van der Waals surface area contributed by atoms with Gasteiger partial charge in [-0.25, -0.2) is 13.8 Å². The number of nitrogens with zero attached hydrogens (tertiary/aromatic N) is 3. The summed E-state index contributed by atoms with van der Waals surface area (Å²) in [4.78, 5) is 32.1. The molecule has 0 atom stereocenters. The molecule has 0 spiro atoms. The van der Waals surface area contributed by atoms with Gasteiger partial charge in [0.2, 0.25) is 5.91 Å². The Bertz CT molecular complexity index is 1310. The van der Waals surface area contributed by atoms with E-state index in [1.54, 1.807) is 5.38 Å².